The molecule has 0 saturated heterocycles. The number of amides is 1. The molecule has 0 fully saturated rings. The third-order valence-electron chi connectivity index (χ3n) is 2.83. The van der Waals surface area contributed by atoms with Crippen LogP contribution in [0, 0.1) is 0 Å². The van der Waals surface area contributed by atoms with Crippen LogP contribution < -0.4 is 4.72 Å². The number of likely N-dealkylation sites (N-methyl/N-ethyl adjacent to an activating group) is 1. The van der Waals surface area contributed by atoms with Gasteiger partial charge in [-0.15, -0.1) is 0 Å². The van der Waals surface area contributed by atoms with Crippen molar-refractivity contribution in [3.63, 3.8) is 0 Å². The number of hydrogen-bond donors (Lipinski definition) is 1. The van der Waals surface area contributed by atoms with Gasteiger partial charge in [0, 0.05) is 13.1 Å². The van der Waals surface area contributed by atoms with E-state index in [1.807, 2.05) is 13.8 Å². The minimum absolute atomic E-state index is 0.161. The Morgan fingerprint density at radius 2 is 1.74 bits per heavy atom. The SMILES string of the molecule is CCN(CC)C(=O)C(C)NS(=O)(=O)c1ccccc1. The standard InChI is InChI=1S/C13H20N2O3S/c1-4-15(5-2)13(16)11(3)14-19(17,18)12-9-7-6-8-10-12/h6-11,14H,4-5H2,1-3H3. The van der Waals surface area contributed by atoms with Crippen molar-refractivity contribution >= 4 is 15.9 Å². The zero-order valence-electron chi connectivity index (χ0n) is 11.5. The molecule has 0 radical (unpaired) electrons. The van der Waals surface area contributed by atoms with Crippen molar-refractivity contribution in [2.45, 2.75) is 31.7 Å². The van der Waals surface area contributed by atoms with E-state index in [1.54, 1.807) is 30.0 Å². The third-order valence-corrected chi connectivity index (χ3v) is 4.39. The molecule has 19 heavy (non-hydrogen) atoms. The van der Waals surface area contributed by atoms with Gasteiger partial charge < -0.3 is 4.90 Å². The van der Waals surface area contributed by atoms with Gasteiger partial charge in [0.05, 0.1) is 10.9 Å². The fraction of sp³-hybridized carbons (Fsp3) is 0.462. The van der Waals surface area contributed by atoms with E-state index in [1.165, 1.54) is 12.1 Å². The molecule has 0 heterocycles. The van der Waals surface area contributed by atoms with Crippen molar-refractivity contribution in [3.05, 3.63) is 30.3 Å². The van der Waals surface area contributed by atoms with Crippen molar-refractivity contribution in [2.24, 2.45) is 0 Å². The lowest BCUT2D eigenvalue weighted by molar-refractivity contribution is -0.132. The predicted octanol–water partition coefficient (Wildman–Crippen LogP) is 1.22. The lowest BCUT2D eigenvalue weighted by Gasteiger charge is -2.23. The van der Waals surface area contributed by atoms with E-state index in [0.717, 1.165) is 0 Å². The van der Waals surface area contributed by atoms with Crippen LogP contribution >= 0.6 is 0 Å². The molecule has 0 aliphatic heterocycles. The number of nitrogens with zero attached hydrogens (tertiary/aromatic N) is 1. The first kappa shape index (κ1) is 15.7. The van der Waals surface area contributed by atoms with Gasteiger partial charge in [-0.25, -0.2) is 8.42 Å². The van der Waals surface area contributed by atoms with E-state index in [2.05, 4.69) is 4.72 Å². The highest BCUT2D eigenvalue weighted by Crippen LogP contribution is 2.08. The zero-order chi connectivity index (χ0) is 14.5. The van der Waals surface area contributed by atoms with Crippen LogP contribution in [0.1, 0.15) is 20.8 Å². The Morgan fingerprint density at radius 3 is 2.21 bits per heavy atom. The van der Waals surface area contributed by atoms with Crippen LogP contribution in [-0.2, 0) is 14.8 Å². The summed E-state index contributed by atoms with van der Waals surface area (Å²) in [5.41, 5.74) is 0. The summed E-state index contributed by atoms with van der Waals surface area (Å²) in [5, 5.41) is 0. The molecular formula is C13H20N2O3S. The van der Waals surface area contributed by atoms with Crippen LogP contribution in [0.15, 0.2) is 35.2 Å². The molecule has 1 unspecified atom stereocenters. The zero-order valence-corrected chi connectivity index (χ0v) is 12.3. The minimum Gasteiger partial charge on any atom is -0.342 e. The first-order valence-electron chi connectivity index (χ1n) is 6.28. The van der Waals surface area contributed by atoms with Gasteiger partial charge in [-0.1, -0.05) is 18.2 Å². The summed E-state index contributed by atoms with van der Waals surface area (Å²) in [4.78, 5) is 13.8. The van der Waals surface area contributed by atoms with Gasteiger partial charge in [-0.05, 0) is 32.9 Å². The fourth-order valence-corrected chi connectivity index (χ4v) is 2.98. The van der Waals surface area contributed by atoms with Crippen LogP contribution in [0.4, 0.5) is 0 Å². The van der Waals surface area contributed by atoms with Gasteiger partial charge in [0.25, 0.3) is 0 Å². The molecule has 106 valence electrons. The maximum absolute atomic E-state index is 12.1. The fourth-order valence-electron chi connectivity index (χ4n) is 1.76. The van der Waals surface area contributed by atoms with E-state index in [0.29, 0.717) is 13.1 Å². The number of nitrogens with one attached hydrogen (secondary N) is 1. The number of carbonyl (C=O) groups is 1. The predicted molar refractivity (Wildman–Crippen MR) is 74.2 cm³/mol. The second-order valence-corrected chi connectivity index (χ2v) is 5.88. The van der Waals surface area contributed by atoms with Gasteiger partial charge in [-0.2, -0.15) is 4.72 Å². The second kappa shape index (κ2) is 6.68. The molecule has 0 spiro atoms. The van der Waals surface area contributed by atoms with Crippen molar-refractivity contribution < 1.29 is 13.2 Å². The average Bonchev–Trinajstić information content (AvgIpc) is 2.40. The average molecular weight is 284 g/mol. The van der Waals surface area contributed by atoms with Crippen molar-refractivity contribution in [1.29, 1.82) is 0 Å². The van der Waals surface area contributed by atoms with Crippen LogP contribution in [0.3, 0.4) is 0 Å². The van der Waals surface area contributed by atoms with Crippen molar-refractivity contribution in [2.75, 3.05) is 13.1 Å². The number of carbonyl (C=O) groups excluding carboxylic acids is 1. The lowest BCUT2D eigenvalue weighted by Crippen LogP contribution is -2.46. The van der Waals surface area contributed by atoms with E-state index < -0.39 is 16.1 Å². The largest absolute Gasteiger partial charge is 0.342 e. The maximum Gasteiger partial charge on any atom is 0.241 e. The molecule has 1 N–H and O–H groups in total. The molecule has 0 bridgehead atoms. The molecule has 0 aromatic heterocycles. The van der Waals surface area contributed by atoms with Crippen LogP contribution in [-0.4, -0.2) is 38.4 Å². The molecular weight excluding hydrogens is 264 g/mol. The lowest BCUT2D eigenvalue weighted by atomic mass is 10.3. The minimum atomic E-state index is -3.65. The van der Waals surface area contributed by atoms with E-state index in [9.17, 15) is 13.2 Å². The Bertz CT molecular complexity index is 510. The molecule has 1 atom stereocenters. The second-order valence-electron chi connectivity index (χ2n) is 4.17. The van der Waals surface area contributed by atoms with E-state index >= 15 is 0 Å². The van der Waals surface area contributed by atoms with Crippen LogP contribution in [0.2, 0.25) is 0 Å². The Kier molecular flexibility index (Phi) is 5.50. The Labute approximate surface area is 114 Å². The quantitative estimate of drug-likeness (QED) is 0.854. The number of rotatable bonds is 6. The summed E-state index contributed by atoms with van der Waals surface area (Å²) in [6, 6.07) is 7.25. The first-order chi connectivity index (χ1) is 8.92. The maximum atomic E-state index is 12.1. The highest BCUT2D eigenvalue weighted by molar-refractivity contribution is 7.89. The number of benzene rings is 1. The van der Waals surface area contributed by atoms with Gasteiger partial charge >= 0.3 is 0 Å². The molecule has 1 amide bonds. The van der Waals surface area contributed by atoms with Gasteiger partial charge in [0.2, 0.25) is 15.9 Å². The summed E-state index contributed by atoms with van der Waals surface area (Å²) < 4.78 is 26.5. The van der Waals surface area contributed by atoms with E-state index in [-0.39, 0.29) is 10.8 Å². The Balaban J connectivity index is 2.82. The summed E-state index contributed by atoms with van der Waals surface area (Å²) in [5.74, 6) is -0.218. The van der Waals surface area contributed by atoms with Crippen molar-refractivity contribution in [1.82, 2.24) is 9.62 Å². The molecule has 0 aliphatic rings. The third kappa shape index (κ3) is 4.04. The molecule has 6 heteroatoms. The summed E-state index contributed by atoms with van der Waals surface area (Å²) >= 11 is 0. The smallest absolute Gasteiger partial charge is 0.241 e. The topological polar surface area (TPSA) is 66.5 Å². The molecule has 0 saturated carbocycles. The van der Waals surface area contributed by atoms with Gasteiger partial charge in [0.1, 0.15) is 0 Å². The van der Waals surface area contributed by atoms with Crippen LogP contribution in [0.25, 0.3) is 0 Å². The van der Waals surface area contributed by atoms with E-state index in [4.69, 9.17) is 0 Å². The van der Waals surface area contributed by atoms with Crippen molar-refractivity contribution in [3.8, 4) is 0 Å². The molecule has 0 aliphatic carbocycles. The van der Waals surface area contributed by atoms with Gasteiger partial charge in [0.15, 0.2) is 0 Å². The molecule has 1 rings (SSSR count). The van der Waals surface area contributed by atoms with Gasteiger partial charge in [-0.3, -0.25) is 4.79 Å². The Hall–Kier alpha value is -1.40. The monoisotopic (exact) mass is 284 g/mol. The summed E-state index contributed by atoms with van der Waals surface area (Å²) in [6.45, 7) is 6.40. The highest BCUT2D eigenvalue weighted by Gasteiger charge is 2.24. The highest BCUT2D eigenvalue weighted by atomic mass is 32.2. The first-order valence-corrected chi connectivity index (χ1v) is 7.76. The molecule has 1 aromatic rings. The normalized spacial score (nSPS) is 13.0. The number of hydrogen-bond acceptors (Lipinski definition) is 3. The molecule has 1 aromatic carbocycles. The molecule has 5 nitrogen and oxygen atoms in total. The Morgan fingerprint density at radius 1 is 1.21 bits per heavy atom. The van der Waals surface area contributed by atoms with Crippen LogP contribution in [0.5, 0.6) is 0 Å². The summed E-state index contributed by atoms with van der Waals surface area (Å²) in [6.07, 6.45) is 0. The summed E-state index contributed by atoms with van der Waals surface area (Å²) in [7, 11) is -3.65. The number of sulfonamides is 1.